The second kappa shape index (κ2) is 5.29. The van der Waals surface area contributed by atoms with Crippen LogP contribution in [0.1, 0.15) is 28.4 Å². The van der Waals surface area contributed by atoms with Crippen LogP contribution < -0.4 is 11.1 Å². The molecule has 0 bridgehead atoms. The zero-order valence-corrected chi connectivity index (χ0v) is 9.98. The summed E-state index contributed by atoms with van der Waals surface area (Å²) < 4.78 is 4.66. The van der Waals surface area contributed by atoms with Crippen LogP contribution in [-0.4, -0.2) is 26.2 Å². The lowest BCUT2D eigenvalue weighted by molar-refractivity contribution is 0.0600. The van der Waals surface area contributed by atoms with Crippen molar-refractivity contribution in [3.63, 3.8) is 0 Å². The standard InChI is InChI=1S/C13H18N2O2/c1-17-13(16)10-4-2-9(3-5-10)12(14)11-6-7-15-8-11/h2-5,11-12,15H,6-8,14H2,1H3. The minimum atomic E-state index is -0.312. The lowest BCUT2D eigenvalue weighted by Crippen LogP contribution is -2.23. The van der Waals surface area contributed by atoms with Crippen molar-refractivity contribution in [2.24, 2.45) is 11.7 Å². The van der Waals surface area contributed by atoms with Crippen molar-refractivity contribution in [3.8, 4) is 0 Å². The maximum atomic E-state index is 11.3. The highest BCUT2D eigenvalue weighted by molar-refractivity contribution is 5.89. The van der Waals surface area contributed by atoms with Gasteiger partial charge in [0.25, 0.3) is 0 Å². The van der Waals surface area contributed by atoms with Crippen molar-refractivity contribution >= 4 is 5.97 Å². The summed E-state index contributed by atoms with van der Waals surface area (Å²) in [7, 11) is 1.38. The number of benzene rings is 1. The number of hydrogen-bond acceptors (Lipinski definition) is 4. The molecular weight excluding hydrogens is 216 g/mol. The number of hydrogen-bond donors (Lipinski definition) is 2. The molecule has 1 aromatic carbocycles. The highest BCUT2D eigenvalue weighted by Crippen LogP contribution is 2.24. The van der Waals surface area contributed by atoms with E-state index in [1.54, 1.807) is 12.1 Å². The molecule has 2 atom stereocenters. The molecule has 1 aliphatic rings. The average Bonchev–Trinajstić information content (AvgIpc) is 2.91. The lowest BCUT2D eigenvalue weighted by atomic mass is 9.92. The van der Waals surface area contributed by atoms with E-state index in [0.717, 1.165) is 25.1 Å². The van der Waals surface area contributed by atoms with Gasteiger partial charge in [0.1, 0.15) is 0 Å². The van der Waals surface area contributed by atoms with E-state index in [1.807, 2.05) is 12.1 Å². The van der Waals surface area contributed by atoms with Gasteiger partial charge in [0.15, 0.2) is 0 Å². The summed E-state index contributed by atoms with van der Waals surface area (Å²) in [6, 6.07) is 7.40. The Labute approximate surface area is 101 Å². The van der Waals surface area contributed by atoms with Gasteiger partial charge in [-0.2, -0.15) is 0 Å². The third-order valence-electron chi connectivity index (χ3n) is 3.32. The summed E-state index contributed by atoms with van der Waals surface area (Å²) >= 11 is 0. The first-order valence-electron chi connectivity index (χ1n) is 5.87. The number of carbonyl (C=O) groups excluding carboxylic acids is 1. The van der Waals surface area contributed by atoms with Crippen molar-refractivity contribution in [2.75, 3.05) is 20.2 Å². The van der Waals surface area contributed by atoms with Gasteiger partial charge in [0.2, 0.25) is 0 Å². The Morgan fingerprint density at radius 2 is 2.18 bits per heavy atom. The molecule has 2 unspecified atom stereocenters. The Kier molecular flexibility index (Phi) is 3.76. The second-order valence-electron chi connectivity index (χ2n) is 4.39. The Balaban J connectivity index is 2.09. The normalized spacial score (nSPS) is 21.2. The number of methoxy groups -OCH3 is 1. The van der Waals surface area contributed by atoms with E-state index in [2.05, 4.69) is 10.1 Å². The van der Waals surface area contributed by atoms with Crippen LogP contribution in [0.25, 0.3) is 0 Å². The Morgan fingerprint density at radius 3 is 2.71 bits per heavy atom. The van der Waals surface area contributed by atoms with Crippen molar-refractivity contribution in [2.45, 2.75) is 12.5 Å². The van der Waals surface area contributed by atoms with Crippen LogP contribution in [0.3, 0.4) is 0 Å². The van der Waals surface area contributed by atoms with E-state index in [-0.39, 0.29) is 12.0 Å². The van der Waals surface area contributed by atoms with Crippen molar-refractivity contribution in [1.82, 2.24) is 5.32 Å². The van der Waals surface area contributed by atoms with Gasteiger partial charge in [-0.05, 0) is 43.1 Å². The Bertz CT molecular complexity index is 383. The van der Waals surface area contributed by atoms with Gasteiger partial charge in [-0.25, -0.2) is 4.79 Å². The van der Waals surface area contributed by atoms with Crippen LogP contribution in [0.2, 0.25) is 0 Å². The Hall–Kier alpha value is -1.39. The molecule has 0 spiro atoms. The number of rotatable bonds is 3. The molecule has 0 saturated carbocycles. The molecule has 0 aliphatic carbocycles. The van der Waals surface area contributed by atoms with E-state index < -0.39 is 0 Å². The fourth-order valence-corrected chi connectivity index (χ4v) is 2.21. The number of nitrogens with one attached hydrogen (secondary N) is 1. The number of esters is 1. The van der Waals surface area contributed by atoms with Gasteiger partial charge in [0.05, 0.1) is 12.7 Å². The predicted molar refractivity (Wildman–Crippen MR) is 65.7 cm³/mol. The van der Waals surface area contributed by atoms with Gasteiger partial charge in [-0.1, -0.05) is 12.1 Å². The SMILES string of the molecule is COC(=O)c1ccc(C(N)C2CCNC2)cc1. The van der Waals surface area contributed by atoms with Gasteiger partial charge >= 0.3 is 5.97 Å². The first-order valence-corrected chi connectivity index (χ1v) is 5.87. The van der Waals surface area contributed by atoms with Gasteiger partial charge in [-0.3, -0.25) is 0 Å². The fourth-order valence-electron chi connectivity index (χ4n) is 2.21. The lowest BCUT2D eigenvalue weighted by Gasteiger charge is -2.18. The highest BCUT2D eigenvalue weighted by atomic mass is 16.5. The van der Waals surface area contributed by atoms with E-state index in [1.165, 1.54) is 7.11 Å². The average molecular weight is 234 g/mol. The maximum Gasteiger partial charge on any atom is 0.337 e. The molecule has 0 radical (unpaired) electrons. The zero-order valence-electron chi connectivity index (χ0n) is 9.98. The van der Waals surface area contributed by atoms with E-state index in [4.69, 9.17) is 5.73 Å². The molecular formula is C13H18N2O2. The minimum Gasteiger partial charge on any atom is -0.465 e. The molecule has 2 rings (SSSR count). The number of carbonyl (C=O) groups is 1. The van der Waals surface area contributed by atoms with E-state index in [0.29, 0.717) is 11.5 Å². The smallest absolute Gasteiger partial charge is 0.337 e. The quantitative estimate of drug-likeness (QED) is 0.768. The molecule has 0 amide bonds. The van der Waals surface area contributed by atoms with Crippen LogP contribution >= 0.6 is 0 Å². The molecule has 1 fully saturated rings. The van der Waals surface area contributed by atoms with Crippen LogP contribution in [0.4, 0.5) is 0 Å². The van der Waals surface area contributed by atoms with Crippen molar-refractivity contribution in [1.29, 1.82) is 0 Å². The van der Waals surface area contributed by atoms with Crippen molar-refractivity contribution in [3.05, 3.63) is 35.4 Å². The van der Waals surface area contributed by atoms with Gasteiger partial charge in [-0.15, -0.1) is 0 Å². The monoisotopic (exact) mass is 234 g/mol. The topological polar surface area (TPSA) is 64.3 Å². The molecule has 1 heterocycles. The third kappa shape index (κ3) is 2.65. The minimum absolute atomic E-state index is 0.0386. The van der Waals surface area contributed by atoms with E-state index in [9.17, 15) is 4.79 Å². The molecule has 0 aromatic heterocycles. The molecule has 1 aliphatic heterocycles. The zero-order chi connectivity index (χ0) is 12.3. The molecule has 17 heavy (non-hydrogen) atoms. The Morgan fingerprint density at radius 1 is 1.47 bits per heavy atom. The summed E-state index contributed by atoms with van der Waals surface area (Å²) in [6.07, 6.45) is 1.11. The molecule has 4 heteroatoms. The largest absolute Gasteiger partial charge is 0.465 e. The van der Waals surface area contributed by atoms with Crippen LogP contribution in [0.5, 0.6) is 0 Å². The summed E-state index contributed by atoms with van der Waals surface area (Å²) in [5.74, 6) is 0.173. The highest BCUT2D eigenvalue weighted by Gasteiger charge is 2.22. The fraction of sp³-hybridized carbons (Fsp3) is 0.462. The molecule has 3 N–H and O–H groups in total. The van der Waals surface area contributed by atoms with Crippen LogP contribution in [0.15, 0.2) is 24.3 Å². The van der Waals surface area contributed by atoms with Crippen LogP contribution in [-0.2, 0) is 4.74 Å². The molecule has 4 nitrogen and oxygen atoms in total. The van der Waals surface area contributed by atoms with E-state index >= 15 is 0 Å². The van der Waals surface area contributed by atoms with Gasteiger partial charge < -0.3 is 15.8 Å². The predicted octanol–water partition coefficient (Wildman–Crippen LogP) is 1.08. The van der Waals surface area contributed by atoms with Gasteiger partial charge in [0, 0.05) is 6.04 Å². The second-order valence-corrected chi connectivity index (χ2v) is 4.39. The summed E-state index contributed by atoms with van der Waals surface area (Å²) in [5.41, 5.74) is 7.84. The third-order valence-corrected chi connectivity index (χ3v) is 3.32. The number of nitrogens with two attached hydrogens (primary N) is 1. The maximum absolute atomic E-state index is 11.3. The molecule has 1 saturated heterocycles. The first-order chi connectivity index (χ1) is 8.22. The van der Waals surface area contributed by atoms with Crippen LogP contribution in [0, 0.1) is 5.92 Å². The summed E-state index contributed by atoms with van der Waals surface area (Å²) in [5, 5.41) is 3.31. The first kappa shape index (κ1) is 12.1. The summed E-state index contributed by atoms with van der Waals surface area (Å²) in [4.78, 5) is 11.3. The number of ether oxygens (including phenoxy) is 1. The van der Waals surface area contributed by atoms with Crippen molar-refractivity contribution < 1.29 is 9.53 Å². The molecule has 92 valence electrons. The molecule has 1 aromatic rings. The summed E-state index contributed by atoms with van der Waals surface area (Å²) in [6.45, 7) is 2.01.